The fourth-order valence-corrected chi connectivity index (χ4v) is 2.26. The van der Waals surface area contributed by atoms with Crippen molar-refractivity contribution in [3.05, 3.63) is 29.8 Å². The smallest absolute Gasteiger partial charge is 0.128 e. The summed E-state index contributed by atoms with van der Waals surface area (Å²) in [6.07, 6.45) is 1.36. The first-order chi connectivity index (χ1) is 8.24. The standard InChI is InChI=1S/C14H21NO2/c1-4-16-14-12(15-3)9-13(14)17-11-7-5-6-10(2)8-11/h5-8,12-15H,4,9H2,1-3H3. The van der Waals surface area contributed by atoms with Crippen LogP contribution in [0.1, 0.15) is 18.9 Å². The molecule has 0 aliphatic heterocycles. The fraction of sp³-hybridized carbons (Fsp3) is 0.571. The van der Waals surface area contributed by atoms with E-state index in [-0.39, 0.29) is 12.2 Å². The van der Waals surface area contributed by atoms with Crippen LogP contribution in [0.25, 0.3) is 0 Å². The molecule has 1 aliphatic rings. The summed E-state index contributed by atoms with van der Waals surface area (Å²) in [5.74, 6) is 0.939. The molecule has 0 aromatic heterocycles. The second-order valence-corrected chi connectivity index (χ2v) is 4.52. The maximum atomic E-state index is 5.96. The molecule has 1 fully saturated rings. The Balaban J connectivity index is 1.95. The summed E-state index contributed by atoms with van der Waals surface area (Å²) >= 11 is 0. The minimum Gasteiger partial charge on any atom is -0.488 e. The van der Waals surface area contributed by atoms with E-state index < -0.39 is 0 Å². The Morgan fingerprint density at radius 3 is 2.88 bits per heavy atom. The van der Waals surface area contributed by atoms with Crippen molar-refractivity contribution in [2.24, 2.45) is 0 Å². The first-order valence-electron chi connectivity index (χ1n) is 6.26. The molecule has 3 atom stereocenters. The third-order valence-corrected chi connectivity index (χ3v) is 3.26. The number of hydrogen-bond acceptors (Lipinski definition) is 3. The molecule has 1 saturated carbocycles. The molecule has 0 saturated heterocycles. The van der Waals surface area contributed by atoms with Crippen molar-refractivity contribution in [2.75, 3.05) is 13.7 Å². The minimum atomic E-state index is 0.172. The fourth-order valence-electron chi connectivity index (χ4n) is 2.26. The second kappa shape index (κ2) is 5.52. The molecule has 0 radical (unpaired) electrons. The lowest BCUT2D eigenvalue weighted by Crippen LogP contribution is -2.60. The van der Waals surface area contributed by atoms with Gasteiger partial charge >= 0.3 is 0 Å². The van der Waals surface area contributed by atoms with E-state index in [1.165, 1.54) is 5.56 Å². The zero-order chi connectivity index (χ0) is 12.3. The summed E-state index contributed by atoms with van der Waals surface area (Å²) in [4.78, 5) is 0. The normalized spacial score (nSPS) is 27.6. The molecule has 1 aromatic rings. The van der Waals surface area contributed by atoms with E-state index in [0.29, 0.717) is 6.04 Å². The first-order valence-corrected chi connectivity index (χ1v) is 6.26. The molecule has 1 aliphatic carbocycles. The zero-order valence-corrected chi connectivity index (χ0v) is 10.8. The van der Waals surface area contributed by atoms with E-state index in [0.717, 1.165) is 18.8 Å². The van der Waals surface area contributed by atoms with Crippen LogP contribution in [0.2, 0.25) is 0 Å². The van der Waals surface area contributed by atoms with Crippen LogP contribution in [0.3, 0.4) is 0 Å². The Morgan fingerprint density at radius 1 is 1.41 bits per heavy atom. The maximum Gasteiger partial charge on any atom is 0.128 e. The zero-order valence-electron chi connectivity index (χ0n) is 10.8. The minimum absolute atomic E-state index is 0.172. The molecule has 3 heteroatoms. The predicted octanol–water partition coefficient (Wildman–Crippen LogP) is 2.14. The molecule has 1 aromatic carbocycles. The Kier molecular flexibility index (Phi) is 4.02. The number of aryl methyl sites for hydroxylation is 1. The summed E-state index contributed by atoms with van der Waals surface area (Å²) in [6, 6.07) is 8.58. The van der Waals surface area contributed by atoms with E-state index in [1.807, 2.05) is 26.1 Å². The number of nitrogens with one attached hydrogen (secondary N) is 1. The van der Waals surface area contributed by atoms with E-state index in [4.69, 9.17) is 9.47 Å². The topological polar surface area (TPSA) is 30.5 Å². The van der Waals surface area contributed by atoms with Gasteiger partial charge in [-0.05, 0) is 38.6 Å². The summed E-state index contributed by atoms with van der Waals surface area (Å²) in [5, 5.41) is 3.26. The predicted molar refractivity (Wildman–Crippen MR) is 68.5 cm³/mol. The van der Waals surface area contributed by atoms with Crippen molar-refractivity contribution < 1.29 is 9.47 Å². The number of likely N-dealkylation sites (N-methyl/N-ethyl adjacent to an activating group) is 1. The molecule has 94 valence electrons. The lowest BCUT2D eigenvalue weighted by molar-refractivity contribution is -0.103. The lowest BCUT2D eigenvalue weighted by Gasteiger charge is -2.43. The van der Waals surface area contributed by atoms with Gasteiger partial charge in [0.2, 0.25) is 0 Å². The summed E-state index contributed by atoms with van der Waals surface area (Å²) in [7, 11) is 1.97. The molecule has 17 heavy (non-hydrogen) atoms. The van der Waals surface area contributed by atoms with Gasteiger partial charge in [0.1, 0.15) is 18.0 Å². The van der Waals surface area contributed by atoms with Crippen molar-refractivity contribution in [2.45, 2.75) is 38.5 Å². The van der Waals surface area contributed by atoms with Gasteiger partial charge in [-0.25, -0.2) is 0 Å². The third-order valence-electron chi connectivity index (χ3n) is 3.26. The van der Waals surface area contributed by atoms with Crippen molar-refractivity contribution in [1.82, 2.24) is 5.32 Å². The summed E-state index contributed by atoms with van der Waals surface area (Å²) < 4.78 is 11.7. The average Bonchev–Trinajstić information content (AvgIpc) is 2.31. The Labute approximate surface area is 103 Å². The van der Waals surface area contributed by atoms with Gasteiger partial charge in [0.25, 0.3) is 0 Å². The van der Waals surface area contributed by atoms with Crippen LogP contribution in [-0.2, 0) is 4.74 Å². The molecule has 1 N–H and O–H groups in total. The monoisotopic (exact) mass is 235 g/mol. The van der Waals surface area contributed by atoms with Crippen molar-refractivity contribution in [3.8, 4) is 5.75 Å². The van der Waals surface area contributed by atoms with Crippen LogP contribution in [0.15, 0.2) is 24.3 Å². The van der Waals surface area contributed by atoms with Gasteiger partial charge in [-0.15, -0.1) is 0 Å². The van der Waals surface area contributed by atoms with Crippen molar-refractivity contribution in [1.29, 1.82) is 0 Å². The van der Waals surface area contributed by atoms with Gasteiger partial charge in [0.15, 0.2) is 0 Å². The van der Waals surface area contributed by atoms with Crippen LogP contribution in [0.4, 0.5) is 0 Å². The number of ether oxygens (including phenoxy) is 2. The van der Waals surface area contributed by atoms with Crippen molar-refractivity contribution >= 4 is 0 Å². The van der Waals surface area contributed by atoms with E-state index >= 15 is 0 Å². The SMILES string of the molecule is CCOC1C(NC)CC1Oc1cccc(C)c1. The third kappa shape index (κ3) is 2.79. The Morgan fingerprint density at radius 2 is 2.24 bits per heavy atom. The van der Waals surface area contributed by atoms with Gasteiger partial charge in [0.05, 0.1) is 0 Å². The molecule has 3 unspecified atom stereocenters. The molecule has 0 heterocycles. The lowest BCUT2D eigenvalue weighted by atomic mass is 9.85. The van der Waals surface area contributed by atoms with Crippen LogP contribution < -0.4 is 10.1 Å². The number of benzene rings is 1. The first kappa shape index (κ1) is 12.4. The van der Waals surface area contributed by atoms with E-state index in [1.54, 1.807) is 0 Å². The summed E-state index contributed by atoms with van der Waals surface area (Å²) in [5.41, 5.74) is 1.22. The van der Waals surface area contributed by atoms with Gasteiger partial charge in [0, 0.05) is 19.1 Å². The molecular formula is C14H21NO2. The molecule has 0 spiro atoms. The highest BCUT2D eigenvalue weighted by molar-refractivity contribution is 5.28. The molecular weight excluding hydrogens is 214 g/mol. The molecule has 0 amide bonds. The van der Waals surface area contributed by atoms with Crippen LogP contribution in [0, 0.1) is 6.92 Å². The second-order valence-electron chi connectivity index (χ2n) is 4.52. The van der Waals surface area contributed by atoms with Crippen LogP contribution in [-0.4, -0.2) is 31.9 Å². The highest BCUT2D eigenvalue weighted by atomic mass is 16.5. The molecule has 3 nitrogen and oxygen atoms in total. The average molecular weight is 235 g/mol. The largest absolute Gasteiger partial charge is 0.488 e. The van der Waals surface area contributed by atoms with Crippen LogP contribution in [0.5, 0.6) is 5.75 Å². The number of hydrogen-bond donors (Lipinski definition) is 1. The maximum absolute atomic E-state index is 5.96. The quantitative estimate of drug-likeness (QED) is 0.848. The highest BCUT2D eigenvalue weighted by Crippen LogP contribution is 2.29. The van der Waals surface area contributed by atoms with Gasteiger partial charge in [-0.2, -0.15) is 0 Å². The van der Waals surface area contributed by atoms with Gasteiger partial charge < -0.3 is 14.8 Å². The van der Waals surface area contributed by atoms with Crippen LogP contribution >= 0.6 is 0 Å². The number of rotatable bonds is 5. The highest BCUT2D eigenvalue weighted by Gasteiger charge is 2.42. The van der Waals surface area contributed by atoms with E-state index in [2.05, 4.69) is 24.4 Å². The van der Waals surface area contributed by atoms with E-state index in [9.17, 15) is 0 Å². The van der Waals surface area contributed by atoms with Gasteiger partial charge in [-0.1, -0.05) is 12.1 Å². The van der Waals surface area contributed by atoms with Crippen molar-refractivity contribution in [3.63, 3.8) is 0 Å². The Bertz CT molecular complexity index is 367. The Hall–Kier alpha value is -1.06. The molecule has 2 rings (SSSR count). The summed E-state index contributed by atoms with van der Waals surface area (Å²) in [6.45, 7) is 4.83. The van der Waals surface area contributed by atoms with Gasteiger partial charge in [-0.3, -0.25) is 0 Å². The molecule has 0 bridgehead atoms.